The number of halogens is 8. The predicted molar refractivity (Wildman–Crippen MR) is 237 cm³/mol. The number of benzene rings is 2. The normalized spacial score (nSPS) is 16.8. The Kier molecular flexibility index (Phi) is 18.5. The summed E-state index contributed by atoms with van der Waals surface area (Å²) in [6.07, 6.45) is -2.37. The number of phenolic OH excluding ortho intramolecular Hbond substituents is 2. The number of aliphatic carboxylic acids is 1. The van der Waals surface area contributed by atoms with Crippen molar-refractivity contribution >= 4 is 35.1 Å². The standard InChI is InChI=1S/C23H27ClF3N3O2.C12H12F3NO2.C11H17ClN2O/c1-30(2)17(11-15-3-4-20(31)19(24)12-15)14-29-21(32)13-18(16-5-9-28-10-6-16)22(7-8-22)23(25,26)27;13-12(14,15)11(3-4-11)9(7-10(17)18)8-1-5-16-6-2-8;1-14(2)9(7-13)5-8-3-4-11(15)10(12)6-8/h3-6,9-10,12,17-18,31H,7-8,11,13-14H2,1-2H3,(H,29,32);1-2,5-6,9H,3-4,7H2,(H,17,18);3-4,6,9,15H,5,7,13H2,1-2H3/t17-,18?;;9-/m0.0/s1. The van der Waals surface area contributed by atoms with Gasteiger partial charge in [0.25, 0.3) is 0 Å². The lowest BCUT2D eigenvalue weighted by Crippen LogP contribution is -2.42. The number of alkyl halides is 6. The molecule has 0 bridgehead atoms. The number of rotatable bonds is 17. The smallest absolute Gasteiger partial charge is 0.395 e. The van der Waals surface area contributed by atoms with Crippen LogP contribution in [0, 0.1) is 10.8 Å². The van der Waals surface area contributed by atoms with E-state index in [1.165, 1.54) is 43.0 Å². The summed E-state index contributed by atoms with van der Waals surface area (Å²) in [7, 11) is 7.72. The summed E-state index contributed by atoms with van der Waals surface area (Å²) in [4.78, 5) is 35.2. The minimum absolute atomic E-state index is 0.00320. The van der Waals surface area contributed by atoms with Gasteiger partial charge in [0.1, 0.15) is 11.5 Å². The topological polar surface area (TPSA) is 165 Å². The SMILES string of the molecule is CN(C)[C@H](CN)Cc1ccc(O)c(Cl)c1.CN(C)[C@H](CNC(=O)CC(c1ccncc1)C1(C(F)(F)F)CC1)Cc1ccc(O)c(Cl)c1.O=C(O)CC(c1ccncc1)C1(C(F)(F)F)CC1. The fourth-order valence-corrected chi connectivity index (χ4v) is 8.27. The molecule has 4 aromatic rings. The molecule has 2 unspecified atom stereocenters. The summed E-state index contributed by atoms with van der Waals surface area (Å²) in [5.74, 6) is -3.50. The second kappa shape index (κ2) is 22.7. The summed E-state index contributed by atoms with van der Waals surface area (Å²) in [5.41, 5.74) is 4.78. The van der Waals surface area contributed by atoms with E-state index in [0.29, 0.717) is 35.2 Å². The molecule has 2 fully saturated rings. The first-order valence-corrected chi connectivity index (χ1v) is 21.6. The molecule has 356 valence electrons. The molecule has 2 aromatic carbocycles. The lowest BCUT2D eigenvalue weighted by Gasteiger charge is -2.30. The van der Waals surface area contributed by atoms with E-state index in [0.717, 1.165) is 17.5 Å². The van der Waals surface area contributed by atoms with E-state index in [1.807, 2.05) is 39.2 Å². The van der Waals surface area contributed by atoms with Crippen molar-refractivity contribution in [2.75, 3.05) is 41.3 Å². The summed E-state index contributed by atoms with van der Waals surface area (Å²) < 4.78 is 80.7. The lowest BCUT2D eigenvalue weighted by atomic mass is 9.80. The van der Waals surface area contributed by atoms with Gasteiger partial charge in [0.05, 0.1) is 27.3 Å². The quantitative estimate of drug-likeness (QED) is 0.0646. The molecule has 0 spiro atoms. The van der Waals surface area contributed by atoms with Crippen LogP contribution in [0.4, 0.5) is 26.3 Å². The molecule has 11 nitrogen and oxygen atoms in total. The molecule has 65 heavy (non-hydrogen) atoms. The summed E-state index contributed by atoms with van der Waals surface area (Å²) >= 11 is 11.8. The molecule has 6 N–H and O–H groups in total. The number of nitrogens with one attached hydrogen (secondary N) is 1. The highest BCUT2D eigenvalue weighted by molar-refractivity contribution is 6.32. The first-order chi connectivity index (χ1) is 30.4. The van der Waals surface area contributed by atoms with Gasteiger partial charge in [0.15, 0.2) is 0 Å². The van der Waals surface area contributed by atoms with Gasteiger partial charge in [0.2, 0.25) is 5.91 Å². The number of hydrogen-bond donors (Lipinski definition) is 5. The van der Waals surface area contributed by atoms with Gasteiger partial charge >= 0.3 is 18.3 Å². The van der Waals surface area contributed by atoms with E-state index < -0.39 is 53.3 Å². The lowest BCUT2D eigenvalue weighted by molar-refractivity contribution is -0.196. The second-order valence-corrected chi connectivity index (χ2v) is 17.8. The number of nitrogens with zero attached hydrogens (tertiary/aromatic N) is 4. The van der Waals surface area contributed by atoms with Crippen LogP contribution in [0.15, 0.2) is 85.5 Å². The van der Waals surface area contributed by atoms with Crippen LogP contribution in [0.2, 0.25) is 10.0 Å². The third kappa shape index (κ3) is 14.4. The van der Waals surface area contributed by atoms with E-state index in [9.17, 15) is 46.1 Å². The van der Waals surface area contributed by atoms with Crippen LogP contribution in [-0.2, 0) is 22.4 Å². The van der Waals surface area contributed by atoms with Crippen LogP contribution in [0.1, 0.15) is 72.6 Å². The number of carboxylic acids is 1. The molecule has 4 atom stereocenters. The van der Waals surface area contributed by atoms with Crippen LogP contribution in [-0.4, -0.2) is 113 Å². The molecule has 19 heteroatoms. The van der Waals surface area contributed by atoms with Crippen molar-refractivity contribution in [1.29, 1.82) is 0 Å². The van der Waals surface area contributed by atoms with Gasteiger partial charge in [-0.25, -0.2) is 0 Å². The largest absolute Gasteiger partial charge is 0.506 e. The minimum Gasteiger partial charge on any atom is -0.506 e. The van der Waals surface area contributed by atoms with Crippen LogP contribution in [0.25, 0.3) is 0 Å². The molecular formula is C46H56Cl2F6N6O5. The molecule has 2 aliphatic rings. The number of aromatic nitrogens is 2. The van der Waals surface area contributed by atoms with Crippen molar-refractivity contribution in [3.05, 3.63) is 118 Å². The summed E-state index contributed by atoms with van der Waals surface area (Å²) in [6.45, 7) is 0.873. The van der Waals surface area contributed by atoms with Gasteiger partial charge in [-0.2, -0.15) is 26.3 Å². The van der Waals surface area contributed by atoms with Gasteiger partial charge in [-0.15, -0.1) is 0 Å². The zero-order valence-corrected chi connectivity index (χ0v) is 38.0. The van der Waals surface area contributed by atoms with Gasteiger partial charge in [-0.3, -0.25) is 19.6 Å². The van der Waals surface area contributed by atoms with Crippen LogP contribution in [0.3, 0.4) is 0 Å². The van der Waals surface area contributed by atoms with Gasteiger partial charge in [0, 0.05) is 68.2 Å². The van der Waals surface area contributed by atoms with E-state index in [2.05, 4.69) is 20.2 Å². The Morgan fingerprint density at radius 3 is 1.40 bits per heavy atom. The average molecular weight is 958 g/mol. The number of carboxylic acid groups (broad SMARTS) is 1. The predicted octanol–water partition coefficient (Wildman–Crippen LogP) is 9.01. The molecule has 0 aliphatic heterocycles. The third-order valence-corrected chi connectivity index (χ3v) is 12.9. The van der Waals surface area contributed by atoms with Crippen molar-refractivity contribution in [2.24, 2.45) is 16.6 Å². The second-order valence-electron chi connectivity index (χ2n) is 17.0. The Morgan fingerprint density at radius 1 is 0.692 bits per heavy atom. The average Bonchev–Trinajstić information content (AvgIpc) is 4.18. The minimum atomic E-state index is -4.37. The van der Waals surface area contributed by atoms with Crippen molar-refractivity contribution in [1.82, 2.24) is 25.1 Å². The Hall–Kier alpha value is -4.68. The first kappa shape index (κ1) is 52.9. The zero-order chi connectivity index (χ0) is 48.3. The number of aromatic hydroxyl groups is 2. The number of carbonyl (C=O) groups is 2. The van der Waals surface area contributed by atoms with Crippen molar-refractivity contribution < 1.29 is 51.3 Å². The molecule has 2 heterocycles. The Morgan fingerprint density at radius 2 is 1.08 bits per heavy atom. The third-order valence-electron chi connectivity index (χ3n) is 12.3. The Bertz CT molecular complexity index is 2160. The molecular weight excluding hydrogens is 901 g/mol. The van der Waals surface area contributed by atoms with Gasteiger partial charge < -0.3 is 36.2 Å². The maximum absolute atomic E-state index is 13.8. The number of pyridine rings is 2. The number of likely N-dealkylation sites (N-methyl/N-ethyl adjacent to an activating group) is 2. The number of phenols is 2. The highest BCUT2D eigenvalue weighted by Gasteiger charge is 2.68. The van der Waals surface area contributed by atoms with Crippen molar-refractivity contribution in [3.8, 4) is 11.5 Å². The first-order valence-electron chi connectivity index (χ1n) is 20.8. The molecule has 0 saturated heterocycles. The molecule has 2 aromatic heterocycles. The monoisotopic (exact) mass is 956 g/mol. The maximum Gasteiger partial charge on any atom is 0.395 e. The molecule has 2 saturated carbocycles. The van der Waals surface area contributed by atoms with E-state index >= 15 is 0 Å². The van der Waals surface area contributed by atoms with Crippen LogP contribution >= 0.6 is 23.2 Å². The maximum atomic E-state index is 13.8. The highest BCUT2D eigenvalue weighted by atomic mass is 35.5. The van der Waals surface area contributed by atoms with E-state index in [1.54, 1.807) is 36.4 Å². The highest BCUT2D eigenvalue weighted by Crippen LogP contribution is 2.67. The number of amides is 1. The number of nitrogens with two attached hydrogens (primary N) is 1. The van der Waals surface area contributed by atoms with E-state index in [-0.39, 0.29) is 61.2 Å². The van der Waals surface area contributed by atoms with E-state index in [4.69, 9.17) is 34.0 Å². The van der Waals surface area contributed by atoms with Gasteiger partial charge in [-0.1, -0.05) is 35.3 Å². The van der Waals surface area contributed by atoms with Crippen molar-refractivity contribution in [3.63, 3.8) is 0 Å². The fourth-order valence-electron chi connectivity index (χ4n) is 7.86. The number of hydrogen-bond acceptors (Lipinski definition) is 9. The van der Waals surface area contributed by atoms with Crippen molar-refractivity contribution in [2.45, 2.75) is 87.6 Å². The van der Waals surface area contributed by atoms with Crippen LogP contribution in [0.5, 0.6) is 11.5 Å². The Balaban J connectivity index is 0.000000236. The fraction of sp³-hybridized carbons (Fsp3) is 0.478. The number of carbonyl (C=O) groups excluding carboxylic acids is 1. The molecule has 1 amide bonds. The molecule has 0 radical (unpaired) electrons. The summed E-state index contributed by atoms with van der Waals surface area (Å²) in [6, 6.07) is 16.4. The van der Waals surface area contributed by atoms with Crippen LogP contribution < -0.4 is 11.1 Å². The summed E-state index contributed by atoms with van der Waals surface area (Å²) in [5, 5.41) is 31.1. The molecule has 6 rings (SSSR count). The Labute approximate surface area is 385 Å². The molecule has 2 aliphatic carbocycles. The zero-order valence-electron chi connectivity index (χ0n) is 36.5. The van der Waals surface area contributed by atoms with Gasteiger partial charge in [-0.05, 0) is 138 Å².